The van der Waals surface area contributed by atoms with Crippen LogP contribution in [0.15, 0.2) is 10.2 Å². The third-order valence-corrected chi connectivity index (χ3v) is 2.75. The summed E-state index contributed by atoms with van der Waals surface area (Å²) >= 11 is 0.973. The molecule has 1 aromatic heterocycles. The van der Waals surface area contributed by atoms with Gasteiger partial charge in [0, 0.05) is 24.1 Å². The Morgan fingerprint density at radius 2 is 2.22 bits per heavy atom. The van der Waals surface area contributed by atoms with Gasteiger partial charge in [0.2, 0.25) is 0 Å². The minimum atomic E-state index is -1.22. The molecule has 0 radical (unpaired) electrons. The van der Waals surface area contributed by atoms with Gasteiger partial charge >= 0.3 is 16.9 Å². The number of H-pyrrole nitrogens is 1. The van der Waals surface area contributed by atoms with E-state index in [4.69, 9.17) is 10.2 Å². The smallest absolute Gasteiger partial charge is 0.326 e. The van der Waals surface area contributed by atoms with Crippen LogP contribution in [0.25, 0.3) is 0 Å². The van der Waals surface area contributed by atoms with E-state index in [1.165, 1.54) is 0 Å². The van der Waals surface area contributed by atoms with Gasteiger partial charge in [-0.25, -0.2) is 9.59 Å². The number of carboxylic acids is 1. The van der Waals surface area contributed by atoms with E-state index in [1.54, 1.807) is 5.38 Å². The Bertz CT molecular complexity index is 469. The molecule has 0 spiro atoms. The van der Waals surface area contributed by atoms with Crippen LogP contribution >= 0.6 is 11.3 Å². The normalized spacial score (nSPS) is 11.8. The van der Waals surface area contributed by atoms with Crippen LogP contribution < -0.4 is 15.5 Å². The molecule has 18 heavy (non-hydrogen) atoms. The molecule has 0 aromatic carbocycles. The Morgan fingerprint density at radius 1 is 1.50 bits per heavy atom. The molecule has 8 nitrogen and oxygen atoms in total. The number of aromatic amines is 1. The first kappa shape index (κ1) is 14.2. The van der Waals surface area contributed by atoms with Crippen molar-refractivity contribution in [2.75, 3.05) is 6.61 Å². The minimum Gasteiger partial charge on any atom is -0.480 e. The van der Waals surface area contributed by atoms with Crippen molar-refractivity contribution in [1.29, 1.82) is 0 Å². The third-order valence-electron chi connectivity index (χ3n) is 2.03. The van der Waals surface area contributed by atoms with Crippen molar-refractivity contribution in [3.8, 4) is 0 Å². The monoisotopic (exact) mass is 275 g/mol. The van der Waals surface area contributed by atoms with Gasteiger partial charge in [0.25, 0.3) is 0 Å². The zero-order valence-corrected chi connectivity index (χ0v) is 10.1. The van der Waals surface area contributed by atoms with E-state index in [2.05, 4.69) is 15.6 Å². The molecule has 2 amide bonds. The van der Waals surface area contributed by atoms with Gasteiger partial charge in [0.05, 0.1) is 6.54 Å². The quantitative estimate of drug-likeness (QED) is 0.457. The molecular formula is C9H13N3O5S. The van der Waals surface area contributed by atoms with E-state index in [9.17, 15) is 14.4 Å². The lowest BCUT2D eigenvalue weighted by molar-refractivity contribution is -0.139. The summed E-state index contributed by atoms with van der Waals surface area (Å²) in [4.78, 5) is 35.1. The number of hydrogen-bond acceptors (Lipinski definition) is 5. The molecule has 1 atom stereocenters. The average molecular weight is 275 g/mol. The molecule has 0 saturated heterocycles. The molecule has 1 heterocycles. The predicted molar refractivity (Wildman–Crippen MR) is 63.4 cm³/mol. The number of aromatic nitrogens is 1. The van der Waals surface area contributed by atoms with Crippen LogP contribution in [0.5, 0.6) is 0 Å². The van der Waals surface area contributed by atoms with Gasteiger partial charge in [-0.2, -0.15) is 0 Å². The van der Waals surface area contributed by atoms with Crippen molar-refractivity contribution in [1.82, 2.24) is 15.6 Å². The lowest BCUT2D eigenvalue weighted by Gasteiger charge is -2.13. The Balaban J connectivity index is 2.40. The lowest BCUT2D eigenvalue weighted by atomic mass is 10.2. The lowest BCUT2D eigenvalue weighted by Crippen LogP contribution is -2.46. The van der Waals surface area contributed by atoms with Crippen LogP contribution in [0.2, 0.25) is 0 Å². The van der Waals surface area contributed by atoms with Crippen LogP contribution in [-0.4, -0.2) is 39.8 Å². The number of rotatable bonds is 6. The highest BCUT2D eigenvalue weighted by atomic mass is 32.1. The number of nitrogens with one attached hydrogen (secondary N) is 3. The number of aliphatic hydroxyl groups excluding tert-OH is 1. The fraction of sp³-hybridized carbons (Fsp3) is 0.444. The maximum Gasteiger partial charge on any atom is 0.326 e. The van der Waals surface area contributed by atoms with Crippen LogP contribution in [0, 0.1) is 0 Å². The van der Waals surface area contributed by atoms with Crippen molar-refractivity contribution in [3.63, 3.8) is 0 Å². The summed E-state index contributed by atoms with van der Waals surface area (Å²) < 4.78 is 0. The highest BCUT2D eigenvalue weighted by Crippen LogP contribution is 1.95. The van der Waals surface area contributed by atoms with Crippen molar-refractivity contribution < 1.29 is 19.8 Å². The van der Waals surface area contributed by atoms with E-state index >= 15 is 0 Å². The van der Waals surface area contributed by atoms with Gasteiger partial charge in [-0.3, -0.25) is 4.79 Å². The molecule has 0 aliphatic carbocycles. The Kier molecular flexibility index (Phi) is 5.33. The summed E-state index contributed by atoms with van der Waals surface area (Å²) in [5.74, 6) is -1.22. The maximum atomic E-state index is 11.4. The van der Waals surface area contributed by atoms with E-state index < -0.39 is 18.0 Å². The molecule has 0 aliphatic rings. The summed E-state index contributed by atoms with van der Waals surface area (Å²) in [6.45, 7) is -0.245. The molecular weight excluding hydrogens is 262 g/mol. The molecule has 5 N–H and O–H groups in total. The second-order valence-electron chi connectivity index (χ2n) is 3.40. The number of aliphatic carboxylic acids is 1. The minimum absolute atomic E-state index is 0.0714. The third kappa shape index (κ3) is 4.55. The second-order valence-corrected chi connectivity index (χ2v) is 4.25. The van der Waals surface area contributed by atoms with E-state index in [0.717, 1.165) is 11.3 Å². The summed E-state index contributed by atoms with van der Waals surface area (Å²) in [7, 11) is 0. The van der Waals surface area contributed by atoms with Crippen LogP contribution in [-0.2, 0) is 11.3 Å². The van der Waals surface area contributed by atoms with E-state index in [0.29, 0.717) is 5.69 Å². The molecule has 0 saturated carbocycles. The van der Waals surface area contributed by atoms with Crippen LogP contribution in [0.3, 0.4) is 0 Å². The first-order valence-electron chi connectivity index (χ1n) is 5.07. The zero-order valence-electron chi connectivity index (χ0n) is 9.30. The van der Waals surface area contributed by atoms with Gasteiger partial charge in [-0.15, -0.1) is 0 Å². The molecule has 0 fully saturated rings. The molecule has 1 aromatic rings. The predicted octanol–water partition coefficient (Wildman–Crippen LogP) is -0.929. The average Bonchev–Trinajstić information content (AvgIpc) is 2.72. The number of hydrogen-bond donors (Lipinski definition) is 5. The first-order chi connectivity index (χ1) is 8.52. The largest absolute Gasteiger partial charge is 0.480 e. The fourth-order valence-corrected chi connectivity index (χ4v) is 1.75. The summed E-state index contributed by atoms with van der Waals surface area (Å²) in [6, 6.07) is -1.82. The highest BCUT2D eigenvalue weighted by molar-refractivity contribution is 7.07. The van der Waals surface area contributed by atoms with Crippen molar-refractivity contribution in [3.05, 3.63) is 20.7 Å². The maximum absolute atomic E-state index is 11.4. The zero-order chi connectivity index (χ0) is 13.5. The van der Waals surface area contributed by atoms with Crippen LogP contribution in [0.4, 0.5) is 4.79 Å². The SMILES string of the molecule is O=C(NCc1csc(=O)[nH]1)N[C@H](CCO)C(=O)O. The second kappa shape index (κ2) is 6.77. The van der Waals surface area contributed by atoms with Gasteiger partial charge in [-0.1, -0.05) is 11.3 Å². The Morgan fingerprint density at radius 3 is 2.72 bits per heavy atom. The van der Waals surface area contributed by atoms with Crippen molar-refractivity contribution in [2.24, 2.45) is 0 Å². The molecule has 9 heteroatoms. The van der Waals surface area contributed by atoms with Crippen molar-refractivity contribution in [2.45, 2.75) is 19.0 Å². The summed E-state index contributed by atoms with van der Waals surface area (Å²) in [5.41, 5.74) is 0.536. The molecule has 1 rings (SSSR count). The Labute approximate surface area is 106 Å². The van der Waals surface area contributed by atoms with Crippen molar-refractivity contribution >= 4 is 23.3 Å². The van der Waals surface area contributed by atoms with Gasteiger partial charge < -0.3 is 25.8 Å². The number of aliphatic hydroxyl groups is 1. The molecule has 0 aliphatic heterocycles. The Hall–Kier alpha value is -1.87. The van der Waals surface area contributed by atoms with Gasteiger partial charge in [-0.05, 0) is 0 Å². The van der Waals surface area contributed by atoms with Gasteiger partial charge in [0.15, 0.2) is 0 Å². The first-order valence-corrected chi connectivity index (χ1v) is 5.95. The number of thiazole rings is 1. The van der Waals surface area contributed by atoms with Gasteiger partial charge in [0.1, 0.15) is 6.04 Å². The highest BCUT2D eigenvalue weighted by Gasteiger charge is 2.18. The number of carboxylic acid groups (broad SMARTS) is 1. The molecule has 0 unspecified atom stereocenters. The molecule has 0 bridgehead atoms. The standard InChI is InChI=1S/C9H13N3O5S/c13-2-1-6(7(14)15)12-8(16)10-3-5-4-18-9(17)11-5/h4,6,13H,1-3H2,(H,11,17)(H,14,15)(H2,10,12,16)/t6-/m1/s1. The van der Waals surface area contributed by atoms with Crippen LogP contribution in [0.1, 0.15) is 12.1 Å². The number of carbonyl (C=O) groups is 2. The number of amides is 2. The summed E-state index contributed by atoms with van der Waals surface area (Å²) in [6.07, 6.45) is -0.0714. The summed E-state index contributed by atoms with van der Waals surface area (Å²) in [5, 5.41) is 23.5. The van der Waals surface area contributed by atoms with E-state index in [-0.39, 0.29) is 24.4 Å². The topological polar surface area (TPSA) is 132 Å². The number of carbonyl (C=O) groups excluding carboxylic acids is 1. The fourth-order valence-electron chi connectivity index (χ4n) is 1.17. The molecule has 100 valence electrons. The van der Waals surface area contributed by atoms with E-state index in [1.807, 2.05) is 0 Å². The number of urea groups is 1.